The number of hydrogen-bond acceptors (Lipinski definition) is 5. The standard InChI is InChI=1S/C23H16FNO6/c24-15-7-5-14(6-8-15)21(28)19-20(17-2-1-11-31-17)25(23(30)22(19)29)16-9-3-13(4-10-16)12-18(26)27/h1-11,20,28H,12H2,(H,26,27)/b21-19-. The Hall–Kier alpha value is -4.20. The van der Waals surface area contributed by atoms with E-state index in [-0.39, 0.29) is 23.3 Å². The molecule has 7 nitrogen and oxygen atoms in total. The number of amides is 1. The Balaban J connectivity index is 1.83. The molecule has 2 heterocycles. The van der Waals surface area contributed by atoms with E-state index in [4.69, 9.17) is 9.52 Å². The van der Waals surface area contributed by atoms with Crippen molar-refractivity contribution in [1.82, 2.24) is 0 Å². The molecule has 2 aromatic carbocycles. The van der Waals surface area contributed by atoms with E-state index < -0.39 is 35.3 Å². The number of carbonyl (C=O) groups excluding carboxylic acids is 2. The first kappa shape index (κ1) is 20.1. The van der Waals surface area contributed by atoms with Crippen LogP contribution in [0, 0.1) is 5.82 Å². The van der Waals surface area contributed by atoms with Crippen molar-refractivity contribution in [2.75, 3.05) is 4.90 Å². The highest BCUT2D eigenvalue weighted by Crippen LogP contribution is 2.42. The number of furan rings is 1. The maximum absolute atomic E-state index is 13.3. The molecule has 1 aliphatic rings. The molecule has 0 radical (unpaired) electrons. The number of nitrogens with zero attached hydrogens (tertiary/aromatic N) is 1. The van der Waals surface area contributed by atoms with Crippen LogP contribution in [0.3, 0.4) is 0 Å². The summed E-state index contributed by atoms with van der Waals surface area (Å²) in [5.41, 5.74) is 0.832. The van der Waals surface area contributed by atoms with Crippen molar-refractivity contribution in [3.63, 3.8) is 0 Å². The molecule has 1 aliphatic heterocycles. The summed E-state index contributed by atoms with van der Waals surface area (Å²) in [5.74, 6) is -3.51. The molecule has 0 spiro atoms. The first-order chi connectivity index (χ1) is 14.9. The Morgan fingerprint density at radius 2 is 1.68 bits per heavy atom. The van der Waals surface area contributed by atoms with Gasteiger partial charge in [-0.2, -0.15) is 0 Å². The number of aliphatic hydroxyl groups is 1. The number of aliphatic hydroxyl groups excluding tert-OH is 1. The van der Waals surface area contributed by atoms with E-state index in [2.05, 4.69) is 0 Å². The average molecular weight is 421 g/mol. The van der Waals surface area contributed by atoms with Gasteiger partial charge in [0.1, 0.15) is 23.4 Å². The number of Topliss-reactive ketones (excluding diaryl/α,β-unsaturated/α-hetero) is 1. The first-order valence-electron chi connectivity index (χ1n) is 9.28. The Morgan fingerprint density at radius 1 is 1.00 bits per heavy atom. The molecule has 1 amide bonds. The van der Waals surface area contributed by atoms with E-state index in [1.165, 1.54) is 35.4 Å². The molecule has 1 saturated heterocycles. The van der Waals surface area contributed by atoms with Gasteiger partial charge in [-0.05, 0) is 54.1 Å². The van der Waals surface area contributed by atoms with Crippen LogP contribution in [-0.4, -0.2) is 27.9 Å². The number of ketones is 1. The van der Waals surface area contributed by atoms with Crippen LogP contribution < -0.4 is 4.90 Å². The molecule has 0 aliphatic carbocycles. The van der Waals surface area contributed by atoms with Gasteiger partial charge in [-0.25, -0.2) is 4.39 Å². The first-order valence-corrected chi connectivity index (χ1v) is 9.28. The summed E-state index contributed by atoms with van der Waals surface area (Å²) < 4.78 is 18.7. The fourth-order valence-corrected chi connectivity index (χ4v) is 3.53. The van der Waals surface area contributed by atoms with E-state index >= 15 is 0 Å². The number of carboxylic acid groups (broad SMARTS) is 1. The molecule has 1 unspecified atom stereocenters. The minimum absolute atomic E-state index is 0.174. The molecule has 2 N–H and O–H groups in total. The van der Waals surface area contributed by atoms with Gasteiger partial charge in [0.05, 0.1) is 18.3 Å². The molecule has 31 heavy (non-hydrogen) atoms. The molecule has 4 rings (SSSR count). The lowest BCUT2D eigenvalue weighted by Gasteiger charge is -2.23. The van der Waals surface area contributed by atoms with Crippen LogP contribution in [0.15, 0.2) is 76.9 Å². The largest absolute Gasteiger partial charge is 0.507 e. The van der Waals surface area contributed by atoms with E-state index in [9.17, 15) is 23.9 Å². The quantitative estimate of drug-likeness (QED) is 0.370. The second-order valence-electron chi connectivity index (χ2n) is 6.93. The number of aliphatic carboxylic acids is 1. The van der Waals surface area contributed by atoms with E-state index in [1.807, 2.05) is 0 Å². The van der Waals surface area contributed by atoms with Crippen molar-refractivity contribution in [3.8, 4) is 0 Å². The van der Waals surface area contributed by atoms with Crippen molar-refractivity contribution >= 4 is 29.1 Å². The second kappa shape index (κ2) is 7.91. The molecule has 0 saturated carbocycles. The highest BCUT2D eigenvalue weighted by atomic mass is 19.1. The van der Waals surface area contributed by atoms with Crippen LogP contribution in [-0.2, 0) is 20.8 Å². The van der Waals surface area contributed by atoms with Crippen LogP contribution in [0.1, 0.15) is 22.9 Å². The fourth-order valence-electron chi connectivity index (χ4n) is 3.53. The molecule has 1 fully saturated rings. The highest BCUT2D eigenvalue weighted by molar-refractivity contribution is 6.51. The monoisotopic (exact) mass is 421 g/mol. The number of carbonyl (C=O) groups is 3. The average Bonchev–Trinajstić information content (AvgIpc) is 3.36. The Kier molecular flexibility index (Phi) is 5.12. The van der Waals surface area contributed by atoms with Crippen LogP contribution >= 0.6 is 0 Å². The van der Waals surface area contributed by atoms with Crippen LogP contribution in [0.4, 0.5) is 10.1 Å². The summed E-state index contributed by atoms with van der Waals surface area (Å²) in [4.78, 5) is 37.9. The van der Waals surface area contributed by atoms with Gasteiger partial charge in [0.25, 0.3) is 11.7 Å². The predicted octanol–water partition coefficient (Wildman–Crippen LogP) is 3.67. The van der Waals surface area contributed by atoms with Crippen LogP contribution in [0.2, 0.25) is 0 Å². The number of anilines is 1. The topological polar surface area (TPSA) is 108 Å². The van der Waals surface area contributed by atoms with Gasteiger partial charge in [0.2, 0.25) is 0 Å². The summed E-state index contributed by atoms with van der Waals surface area (Å²) in [6.07, 6.45) is 1.19. The van der Waals surface area contributed by atoms with Crippen LogP contribution in [0.5, 0.6) is 0 Å². The molecule has 1 atom stereocenters. The van der Waals surface area contributed by atoms with Gasteiger partial charge in [0.15, 0.2) is 0 Å². The van der Waals surface area contributed by atoms with Crippen molar-refractivity contribution in [1.29, 1.82) is 0 Å². The predicted molar refractivity (Wildman–Crippen MR) is 108 cm³/mol. The summed E-state index contributed by atoms with van der Waals surface area (Å²) in [5, 5.41) is 19.8. The molecule has 0 bridgehead atoms. The lowest BCUT2D eigenvalue weighted by Crippen LogP contribution is -2.29. The van der Waals surface area contributed by atoms with Gasteiger partial charge < -0.3 is 14.6 Å². The van der Waals surface area contributed by atoms with Crippen molar-refractivity contribution in [2.45, 2.75) is 12.5 Å². The zero-order valence-electron chi connectivity index (χ0n) is 16.0. The van der Waals surface area contributed by atoms with Crippen molar-refractivity contribution < 1.29 is 33.4 Å². The Morgan fingerprint density at radius 3 is 2.26 bits per heavy atom. The summed E-state index contributed by atoms with van der Waals surface area (Å²) in [7, 11) is 0. The minimum Gasteiger partial charge on any atom is -0.507 e. The van der Waals surface area contributed by atoms with Crippen LogP contribution in [0.25, 0.3) is 5.76 Å². The third-order valence-corrected chi connectivity index (χ3v) is 4.94. The molecular formula is C23H16FNO6. The van der Waals surface area contributed by atoms with E-state index in [0.29, 0.717) is 11.3 Å². The normalized spacial score (nSPS) is 17.8. The maximum Gasteiger partial charge on any atom is 0.307 e. The third kappa shape index (κ3) is 3.71. The number of hydrogen-bond donors (Lipinski definition) is 2. The van der Waals surface area contributed by atoms with Crippen molar-refractivity contribution in [3.05, 3.63) is 95.2 Å². The summed E-state index contributed by atoms with van der Waals surface area (Å²) >= 11 is 0. The maximum atomic E-state index is 13.3. The Labute approximate surface area is 175 Å². The number of halogens is 1. The lowest BCUT2D eigenvalue weighted by atomic mass is 9.99. The molecule has 156 valence electrons. The lowest BCUT2D eigenvalue weighted by molar-refractivity contribution is -0.136. The zero-order chi connectivity index (χ0) is 22.1. The number of benzene rings is 2. The minimum atomic E-state index is -1.05. The number of carboxylic acids is 1. The molecule has 8 heteroatoms. The molecule has 1 aromatic heterocycles. The molecule has 3 aromatic rings. The zero-order valence-corrected chi connectivity index (χ0v) is 16.0. The van der Waals surface area contributed by atoms with Gasteiger partial charge in [0, 0.05) is 11.3 Å². The van der Waals surface area contributed by atoms with Gasteiger partial charge in [-0.15, -0.1) is 0 Å². The van der Waals surface area contributed by atoms with E-state index in [0.717, 1.165) is 12.1 Å². The Bertz CT molecular complexity index is 1180. The van der Waals surface area contributed by atoms with Crippen molar-refractivity contribution in [2.24, 2.45) is 0 Å². The second-order valence-corrected chi connectivity index (χ2v) is 6.93. The van der Waals surface area contributed by atoms with E-state index in [1.54, 1.807) is 24.3 Å². The number of rotatable bonds is 5. The van der Waals surface area contributed by atoms with Gasteiger partial charge >= 0.3 is 5.97 Å². The van der Waals surface area contributed by atoms with Gasteiger partial charge in [-0.3, -0.25) is 19.3 Å². The fraction of sp³-hybridized carbons (Fsp3) is 0.0870. The summed E-state index contributed by atoms with van der Waals surface area (Å²) in [6.45, 7) is 0. The highest BCUT2D eigenvalue weighted by Gasteiger charge is 2.48. The molecular weight excluding hydrogens is 405 g/mol. The smallest absolute Gasteiger partial charge is 0.307 e. The SMILES string of the molecule is O=C(O)Cc1ccc(N2C(=O)C(=O)/C(=C(\O)c3ccc(F)cc3)C2c2ccco2)cc1. The summed E-state index contributed by atoms with van der Waals surface area (Å²) in [6, 6.07) is 13.1. The third-order valence-electron chi connectivity index (χ3n) is 4.94. The van der Waals surface area contributed by atoms with Gasteiger partial charge in [-0.1, -0.05) is 12.1 Å².